The van der Waals surface area contributed by atoms with Crippen molar-refractivity contribution in [2.24, 2.45) is 0 Å². The van der Waals surface area contributed by atoms with Gasteiger partial charge in [0.2, 0.25) is 0 Å². The molecule has 2 nitrogen and oxygen atoms in total. The van der Waals surface area contributed by atoms with Crippen LogP contribution in [0.2, 0.25) is 0 Å². The maximum Gasteiger partial charge on any atom is 0.157 e. The van der Waals surface area contributed by atoms with E-state index in [2.05, 4.69) is 4.90 Å². The molecule has 1 fully saturated rings. The van der Waals surface area contributed by atoms with Gasteiger partial charge in [0.15, 0.2) is 5.78 Å². The van der Waals surface area contributed by atoms with E-state index in [0.29, 0.717) is 5.56 Å². The van der Waals surface area contributed by atoms with Gasteiger partial charge < -0.3 is 0 Å². The van der Waals surface area contributed by atoms with Gasteiger partial charge in [-0.3, -0.25) is 9.69 Å². The number of nitrogens with zero attached hydrogens (tertiary/aromatic N) is 1. The zero-order valence-electron chi connectivity index (χ0n) is 12.5. The fraction of sp³-hybridized carbons (Fsp3) is 0.588. The summed E-state index contributed by atoms with van der Waals surface area (Å²) in [5.74, 6) is -0.148. The van der Waals surface area contributed by atoms with Crippen molar-refractivity contribution in [2.45, 2.75) is 51.5 Å². The van der Waals surface area contributed by atoms with Crippen molar-refractivity contribution in [1.29, 1.82) is 0 Å². The van der Waals surface area contributed by atoms with Crippen LogP contribution in [-0.2, 0) is 11.2 Å². The van der Waals surface area contributed by atoms with Gasteiger partial charge in [-0.2, -0.15) is 0 Å². The van der Waals surface area contributed by atoms with E-state index in [1.807, 2.05) is 13.8 Å². The third-order valence-electron chi connectivity index (χ3n) is 4.65. The average molecular weight is 277 g/mol. The van der Waals surface area contributed by atoms with Crippen LogP contribution in [0.4, 0.5) is 4.39 Å². The van der Waals surface area contributed by atoms with E-state index in [1.165, 1.54) is 12.5 Å². The summed E-state index contributed by atoms with van der Waals surface area (Å²) in [6.07, 6.45) is 4.52. The second-order valence-corrected chi connectivity index (χ2v) is 5.87. The Bertz CT molecular complexity index is 468. The van der Waals surface area contributed by atoms with E-state index in [1.54, 1.807) is 18.2 Å². The molecule has 1 atom stereocenters. The van der Waals surface area contributed by atoms with Crippen molar-refractivity contribution in [3.63, 3.8) is 0 Å². The Morgan fingerprint density at radius 2 is 1.90 bits per heavy atom. The van der Waals surface area contributed by atoms with Crippen LogP contribution in [0.5, 0.6) is 0 Å². The Labute approximate surface area is 121 Å². The molecule has 110 valence electrons. The minimum atomic E-state index is -0.456. The van der Waals surface area contributed by atoms with Crippen molar-refractivity contribution in [3.8, 4) is 0 Å². The first-order valence-corrected chi connectivity index (χ1v) is 7.59. The second-order valence-electron chi connectivity index (χ2n) is 5.87. The first-order chi connectivity index (χ1) is 9.58. The summed E-state index contributed by atoms with van der Waals surface area (Å²) in [6.45, 7) is 6.02. The van der Waals surface area contributed by atoms with Gasteiger partial charge in [0.25, 0.3) is 0 Å². The van der Waals surface area contributed by atoms with Crippen molar-refractivity contribution >= 4 is 5.78 Å². The smallest absolute Gasteiger partial charge is 0.157 e. The molecule has 1 heterocycles. The Morgan fingerprint density at radius 1 is 1.25 bits per heavy atom. The molecule has 1 aromatic carbocycles. The van der Waals surface area contributed by atoms with E-state index in [0.717, 1.165) is 32.4 Å². The highest BCUT2D eigenvalue weighted by atomic mass is 19.1. The number of rotatable bonds is 5. The predicted molar refractivity (Wildman–Crippen MR) is 79.2 cm³/mol. The molecular formula is C17H24FNO. The molecule has 0 radical (unpaired) electrons. The van der Waals surface area contributed by atoms with Gasteiger partial charge in [-0.25, -0.2) is 4.39 Å². The van der Waals surface area contributed by atoms with Gasteiger partial charge in [0, 0.05) is 6.42 Å². The SMILES string of the molecule is CCC(C)(C(=O)Cc1ccccc1F)N1CCCCC1. The Hall–Kier alpha value is -1.22. The largest absolute Gasteiger partial charge is 0.297 e. The molecule has 0 N–H and O–H groups in total. The molecular weight excluding hydrogens is 253 g/mol. The molecule has 1 unspecified atom stereocenters. The number of hydrogen-bond donors (Lipinski definition) is 0. The van der Waals surface area contributed by atoms with Crippen LogP contribution in [0, 0.1) is 5.82 Å². The van der Waals surface area contributed by atoms with Crippen LogP contribution in [-0.4, -0.2) is 29.3 Å². The molecule has 1 aliphatic rings. The van der Waals surface area contributed by atoms with Crippen molar-refractivity contribution < 1.29 is 9.18 Å². The normalized spacial score (nSPS) is 19.6. The molecule has 2 rings (SSSR count). The topological polar surface area (TPSA) is 20.3 Å². The summed E-state index contributed by atoms with van der Waals surface area (Å²) in [6, 6.07) is 6.58. The lowest BCUT2D eigenvalue weighted by molar-refractivity contribution is -0.130. The van der Waals surface area contributed by atoms with E-state index >= 15 is 0 Å². The van der Waals surface area contributed by atoms with E-state index in [4.69, 9.17) is 0 Å². The minimum absolute atomic E-state index is 0.131. The van der Waals surface area contributed by atoms with Crippen LogP contribution < -0.4 is 0 Å². The number of halogens is 1. The molecule has 1 saturated heterocycles. The van der Waals surface area contributed by atoms with E-state index < -0.39 is 5.54 Å². The molecule has 0 bridgehead atoms. The van der Waals surface area contributed by atoms with Crippen molar-refractivity contribution in [2.75, 3.05) is 13.1 Å². The minimum Gasteiger partial charge on any atom is -0.297 e. The Morgan fingerprint density at radius 3 is 2.50 bits per heavy atom. The maximum atomic E-state index is 13.7. The quantitative estimate of drug-likeness (QED) is 0.819. The van der Waals surface area contributed by atoms with Crippen molar-refractivity contribution in [3.05, 3.63) is 35.6 Å². The number of likely N-dealkylation sites (tertiary alicyclic amines) is 1. The highest BCUT2D eigenvalue weighted by molar-refractivity contribution is 5.89. The van der Waals surface area contributed by atoms with Gasteiger partial charge >= 0.3 is 0 Å². The molecule has 0 aromatic heterocycles. The number of benzene rings is 1. The second kappa shape index (κ2) is 6.49. The van der Waals surface area contributed by atoms with Crippen LogP contribution in [0.25, 0.3) is 0 Å². The number of Topliss-reactive ketones (excluding diaryl/α,β-unsaturated/α-hetero) is 1. The van der Waals surface area contributed by atoms with Gasteiger partial charge in [-0.1, -0.05) is 31.5 Å². The first-order valence-electron chi connectivity index (χ1n) is 7.59. The third kappa shape index (κ3) is 3.09. The van der Waals surface area contributed by atoms with Gasteiger partial charge in [0.1, 0.15) is 5.82 Å². The maximum absolute atomic E-state index is 13.7. The number of carbonyl (C=O) groups is 1. The number of ketones is 1. The van der Waals surface area contributed by atoms with Crippen LogP contribution in [0.1, 0.15) is 45.1 Å². The average Bonchev–Trinajstić information content (AvgIpc) is 2.49. The molecule has 3 heteroatoms. The first kappa shape index (κ1) is 15.2. The van der Waals surface area contributed by atoms with E-state index in [9.17, 15) is 9.18 Å². The molecule has 0 amide bonds. The fourth-order valence-corrected chi connectivity index (χ4v) is 2.99. The van der Waals surface area contributed by atoms with Gasteiger partial charge in [0.05, 0.1) is 5.54 Å². The van der Waals surface area contributed by atoms with Gasteiger partial charge in [-0.05, 0) is 50.9 Å². The Kier molecular flexibility index (Phi) is 4.92. The summed E-state index contributed by atoms with van der Waals surface area (Å²) in [4.78, 5) is 15.0. The summed E-state index contributed by atoms with van der Waals surface area (Å²) in [5, 5.41) is 0. The molecule has 0 spiro atoms. The highest BCUT2D eigenvalue weighted by Gasteiger charge is 2.37. The van der Waals surface area contributed by atoms with Gasteiger partial charge in [-0.15, -0.1) is 0 Å². The summed E-state index contributed by atoms with van der Waals surface area (Å²) >= 11 is 0. The monoisotopic (exact) mass is 277 g/mol. The lowest BCUT2D eigenvalue weighted by Gasteiger charge is -2.42. The van der Waals surface area contributed by atoms with E-state index in [-0.39, 0.29) is 18.0 Å². The lowest BCUT2D eigenvalue weighted by atomic mass is 9.85. The van der Waals surface area contributed by atoms with Crippen molar-refractivity contribution in [1.82, 2.24) is 4.90 Å². The zero-order valence-corrected chi connectivity index (χ0v) is 12.5. The standard InChI is InChI=1S/C17H24FNO/c1-3-17(2,19-11-7-4-8-12-19)16(20)13-14-9-5-6-10-15(14)18/h5-6,9-10H,3-4,7-8,11-13H2,1-2H3. The lowest BCUT2D eigenvalue weighted by Crippen LogP contribution is -2.54. The molecule has 1 aromatic rings. The summed E-state index contributed by atoms with van der Waals surface area (Å²) < 4.78 is 13.7. The third-order valence-corrected chi connectivity index (χ3v) is 4.65. The molecule has 20 heavy (non-hydrogen) atoms. The zero-order chi connectivity index (χ0) is 14.6. The Balaban J connectivity index is 2.14. The van der Waals surface area contributed by atoms with Crippen LogP contribution >= 0.6 is 0 Å². The molecule has 0 saturated carbocycles. The number of piperidine rings is 1. The van der Waals surface area contributed by atoms with Crippen LogP contribution in [0.3, 0.4) is 0 Å². The fourth-order valence-electron chi connectivity index (χ4n) is 2.99. The predicted octanol–water partition coefficient (Wildman–Crippen LogP) is 3.59. The summed E-state index contributed by atoms with van der Waals surface area (Å²) in [7, 11) is 0. The molecule has 1 aliphatic heterocycles. The summed E-state index contributed by atoms with van der Waals surface area (Å²) in [5.41, 5.74) is 0.0529. The number of carbonyl (C=O) groups excluding carboxylic acids is 1. The number of hydrogen-bond acceptors (Lipinski definition) is 2. The molecule has 0 aliphatic carbocycles. The van der Waals surface area contributed by atoms with Crippen LogP contribution in [0.15, 0.2) is 24.3 Å². The highest BCUT2D eigenvalue weighted by Crippen LogP contribution is 2.26.